The molecule has 0 atom stereocenters. The Bertz CT molecular complexity index is 817. The van der Waals surface area contributed by atoms with Gasteiger partial charge in [-0.25, -0.2) is 0 Å². The van der Waals surface area contributed by atoms with Gasteiger partial charge in [0.25, 0.3) is 5.91 Å². The molecule has 1 heterocycles. The average Bonchev–Trinajstić information content (AvgIpc) is 3.01. The predicted molar refractivity (Wildman–Crippen MR) is 92.2 cm³/mol. The highest BCUT2D eigenvalue weighted by molar-refractivity contribution is 8.00. The number of nitrogens with one attached hydrogen (secondary N) is 2. The molecule has 1 aliphatic heterocycles. The molecule has 4 nitrogen and oxygen atoms in total. The smallest absolute Gasteiger partial charge is 0.255 e. The van der Waals surface area contributed by atoms with E-state index in [1.54, 1.807) is 12.1 Å². The monoisotopic (exact) mass is 324 g/mol. The van der Waals surface area contributed by atoms with E-state index >= 15 is 0 Å². The Balaban J connectivity index is 1.55. The molecule has 0 aromatic heterocycles. The first-order valence-corrected chi connectivity index (χ1v) is 8.67. The molecular formula is C18H16N2O2S. The zero-order valence-electron chi connectivity index (χ0n) is 12.5. The Morgan fingerprint density at radius 2 is 1.96 bits per heavy atom. The fourth-order valence-electron chi connectivity index (χ4n) is 3.08. The van der Waals surface area contributed by atoms with Gasteiger partial charge in [0.05, 0.1) is 11.4 Å². The molecule has 116 valence electrons. The van der Waals surface area contributed by atoms with Crippen LogP contribution < -0.4 is 10.6 Å². The second kappa shape index (κ2) is 5.74. The summed E-state index contributed by atoms with van der Waals surface area (Å²) in [4.78, 5) is 24.9. The lowest BCUT2D eigenvalue weighted by atomic mass is 10.1. The molecule has 0 saturated carbocycles. The topological polar surface area (TPSA) is 58.2 Å². The van der Waals surface area contributed by atoms with E-state index in [1.807, 2.05) is 12.1 Å². The molecule has 0 bridgehead atoms. The number of hydrogen-bond acceptors (Lipinski definition) is 3. The summed E-state index contributed by atoms with van der Waals surface area (Å²) in [6.45, 7) is 0. The summed E-state index contributed by atoms with van der Waals surface area (Å²) in [5.41, 5.74) is 4.81. The molecular weight excluding hydrogens is 308 g/mol. The lowest BCUT2D eigenvalue weighted by molar-refractivity contribution is -0.113. The number of amides is 2. The van der Waals surface area contributed by atoms with Crippen LogP contribution >= 0.6 is 11.8 Å². The van der Waals surface area contributed by atoms with E-state index in [0.29, 0.717) is 17.0 Å². The van der Waals surface area contributed by atoms with Gasteiger partial charge in [-0.2, -0.15) is 0 Å². The van der Waals surface area contributed by atoms with Gasteiger partial charge in [-0.15, -0.1) is 11.8 Å². The van der Waals surface area contributed by atoms with Gasteiger partial charge >= 0.3 is 0 Å². The Morgan fingerprint density at radius 1 is 1.09 bits per heavy atom. The first kappa shape index (κ1) is 14.3. The van der Waals surface area contributed by atoms with Crippen LogP contribution in [0, 0.1) is 0 Å². The Morgan fingerprint density at radius 3 is 2.87 bits per heavy atom. The quantitative estimate of drug-likeness (QED) is 0.889. The number of carbonyl (C=O) groups excluding carboxylic acids is 2. The normalized spacial score (nSPS) is 15.6. The second-order valence-corrected chi connectivity index (χ2v) is 6.86. The molecule has 23 heavy (non-hydrogen) atoms. The van der Waals surface area contributed by atoms with Crippen LogP contribution in [0.2, 0.25) is 0 Å². The first-order valence-electron chi connectivity index (χ1n) is 7.69. The molecule has 0 spiro atoms. The highest BCUT2D eigenvalue weighted by Crippen LogP contribution is 2.32. The molecule has 0 saturated heterocycles. The van der Waals surface area contributed by atoms with Gasteiger partial charge in [0, 0.05) is 16.1 Å². The average molecular weight is 324 g/mol. The van der Waals surface area contributed by atoms with E-state index in [1.165, 1.54) is 29.3 Å². The maximum Gasteiger partial charge on any atom is 0.255 e. The summed E-state index contributed by atoms with van der Waals surface area (Å²) >= 11 is 1.49. The molecule has 2 aromatic rings. The van der Waals surface area contributed by atoms with E-state index < -0.39 is 0 Å². The number of anilines is 2. The minimum atomic E-state index is -0.157. The first-order chi connectivity index (χ1) is 11.2. The van der Waals surface area contributed by atoms with Crippen molar-refractivity contribution in [3.05, 3.63) is 53.1 Å². The van der Waals surface area contributed by atoms with Crippen LogP contribution in [-0.4, -0.2) is 17.6 Å². The minimum absolute atomic E-state index is 0.0290. The highest BCUT2D eigenvalue weighted by atomic mass is 32.2. The summed E-state index contributed by atoms with van der Waals surface area (Å²) in [7, 11) is 0. The summed E-state index contributed by atoms with van der Waals surface area (Å²) in [6.07, 6.45) is 3.40. The van der Waals surface area contributed by atoms with Crippen LogP contribution in [0.5, 0.6) is 0 Å². The summed E-state index contributed by atoms with van der Waals surface area (Å²) in [6, 6.07) is 11.5. The second-order valence-electron chi connectivity index (χ2n) is 5.84. The molecule has 5 heteroatoms. The van der Waals surface area contributed by atoms with Gasteiger partial charge in [-0.3, -0.25) is 9.59 Å². The number of carbonyl (C=O) groups is 2. The van der Waals surface area contributed by atoms with E-state index in [0.717, 1.165) is 23.4 Å². The maximum absolute atomic E-state index is 12.5. The molecule has 0 unspecified atom stereocenters. The van der Waals surface area contributed by atoms with E-state index in [4.69, 9.17) is 0 Å². The van der Waals surface area contributed by atoms with E-state index in [9.17, 15) is 9.59 Å². The largest absolute Gasteiger partial charge is 0.324 e. The van der Waals surface area contributed by atoms with Crippen molar-refractivity contribution in [2.75, 3.05) is 16.4 Å². The van der Waals surface area contributed by atoms with Crippen LogP contribution in [0.4, 0.5) is 11.4 Å². The lowest BCUT2D eigenvalue weighted by Crippen LogP contribution is -2.19. The van der Waals surface area contributed by atoms with Gasteiger partial charge in [-0.05, 0) is 60.7 Å². The Kier molecular flexibility index (Phi) is 3.58. The molecule has 1 aliphatic carbocycles. The van der Waals surface area contributed by atoms with Crippen LogP contribution in [0.25, 0.3) is 0 Å². The number of hydrogen-bond donors (Lipinski definition) is 2. The highest BCUT2D eigenvalue weighted by Gasteiger charge is 2.18. The fourth-order valence-corrected chi connectivity index (χ4v) is 3.87. The standard InChI is InChI=1S/C18H16N2O2S/c21-17-10-23-16-7-5-13(9-15(16)20-17)18(22)19-14-6-4-11-2-1-3-12(11)8-14/h4-9H,1-3,10H2,(H,19,22)(H,20,21). The van der Waals surface area contributed by atoms with Crippen molar-refractivity contribution < 1.29 is 9.59 Å². The Hall–Kier alpha value is -2.27. The van der Waals surface area contributed by atoms with Crippen LogP contribution in [0.1, 0.15) is 27.9 Å². The summed E-state index contributed by atoms with van der Waals surface area (Å²) < 4.78 is 0. The summed E-state index contributed by atoms with van der Waals surface area (Å²) in [5.74, 6) is 0.238. The van der Waals surface area contributed by atoms with Crippen molar-refractivity contribution >= 4 is 35.0 Å². The number of rotatable bonds is 2. The van der Waals surface area contributed by atoms with Crippen LogP contribution in [0.3, 0.4) is 0 Å². The van der Waals surface area contributed by atoms with Crippen molar-refractivity contribution in [2.24, 2.45) is 0 Å². The Labute approximate surface area is 138 Å². The van der Waals surface area contributed by atoms with Gasteiger partial charge in [0.2, 0.25) is 5.91 Å². The number of fused-ring (bicyclic) bond motifs is 2. The number of aryl methyl sites for hydroxylation is 2. The molecule has 2 aliphatic rings. The third kappa shape index (κ3) is 2.84. The zero-order valence-corrected chi connectivity index (χ0v) is 13.3. The molecule has 2 aromatic carbocycles. The van der Waals surface area contributed by atoms with Crippen LogP contribution in [-0.2, 0) is 17.6 Å². The number of benzene rings is 2. The van der Waals surface area contributed by atoms with Gasteiger partial charge < -0.3 is 10.6 Å². The van der Waals surface area contributed by atoms with Gasteiger partial charge in [0.15, 0.2) is 0 Å². The molecule has 4 rings (SSSR count). The molecule has 0 radical (unpaired) electrons. The van der Waals surface area contributed by atoms with Gasteiger partial charge in [-0.1, -0.05) is 6.07 Å². The third-order valence-electron chi connectivity index (χ3n) is 4.23. The maximum atomic E-state index is 12.5. The molecule has 2 N–H and O–H groups in total. The van der Waals surface area contributed by atoms with Crippen molar-refractivity contribution in [2.45, 2.75) is 24.2 Å². The van der Waals surface area contributed by atoms with Crippen molar-refractivity contribution in [1.29, 1.82) is 0 Å². The van der Waals surface area contributed by atoms with Crippen molar-refractivity contribution in [1.82, 2.24) is 0 Å². The van der Waals surface area contributed by atoms with Crippen molar-refractivity contribution in [3.63, 3.8) is 0 Å². The minimum Gasteiger partial charge on any atom is -0.324 e. The van der Waals surface area contributed by atoms with Crippen LogP contribution in [0.15, 0.2) is 41.3 Å². The van der Waals surface area contributed by atoms with E-state index in [-0.39, 0.29) is 11.8 Å². The lowest BCUT2D eigenvalue weighted by Gasteiger charge is -2.17. The van der Waals surface area contributed by atoms with E-state index in [2.05, 4.69) is 22.8 Å². The zero-order chi connectivity index (χ0) is 15.8. The molecule has 0 fully saturated rings. The summed E-state index contributed by atoms with van der Waals surface area (Å²) in [5, 5.41) is 5.76. The van der Waals surface area contributed by atoms with Crippen molar-refractivity contribution in [3.8, 4) is 0 Å². The SMILES string of the molecule is O=C1CSc2ccc(C(=O)Nc3ccc4c(c3)CCC4)cc2N1. The molecule has 2 amide bonds. The fraction of sp³-hybridized carbons (Fsp3) is 0.222. The predicted octanol–water partition coefficient (Wildman–Crippen LogP) is 3.47. The third-order valence-corrected chi connectivity index (χ3v) is 5.30. The number of thioether (sulfide) groups is 1. The van der Waals surface area contributed by atoms with Gasteiger partial charge in [0.1, 0.15) is 0 Å².